The van der Waals surface area contributed by atoms with Gasteiger partial charge in [0, 0.05) is 5.56 Å². The molecule has 0 heterocycles. The highest BCUT2D eigenvalue weighted by atomic mass is 16.6. The third-order valence-electron chi connectivity index (χ3n) is 2.44. The highest BCUT2D eigenvalue weighted by molar-refractivity contribution is 5.60. The second-order valence-corrected chi connectivity index (χ2v) is 3.72. The first kappa shape index (κ1) is 13.3. The van der Waals surface area contributed by atoms with Crippen molar-refractivity contribution < 1.29 is 14.4 Å². The van der Waals surface area contributed by atoms with Crippen molar-refractivity contribution in [2.24, 2.45) is 0 Å². The van der Waals surface area contributed by atoms with E-state index in [1.54, 1.807) is 19.1 Å². The van der Waals surface area contributed by atoms with E-state index in [9.17, 15) is 10.1 Å². The van der Waals surface area contributed by atoms with E-state index in [1.807, 2.05) is 6.92 Å². The summed E-state index contributed by atoms with van der Waals surface area (Å²) in [6, 6.07) is 3.34. The van der Waals surface area contributed by atoms with Crippen LogP contribution in [0.1, 0.15) is 25.3 Å². The summed E-state index contributed by atoms with van der Waals surface area (Å²) >= 11 is 0. The lowest BCUT2D eigenvalue weighted by Crippen LogP contribution is -2.03. The summed E-state index contributed by atoms with van der Waals surface area (Å²) in [5.74, 6) is 0.629. The molecule has 0 unspecified atom stereocenters. The van der Waals surface area contributed by atoms with Gasteiger partial charge in [-0.15, -0.1) is 0 Å². The van der Waals surface area contributed by atoms with E-state index in [0.29, 0.717) is 17.9 Å². The van der Waals surface area contributed by atoms with Crippen molar-refractivity contribution in [2.75, 3.05) is 13.7 Å². The summed E-state index contributed by atoms with van der Waals surface area (Å²) < 4.78 is 10.6. The van der Waals surface area contributed by atoms with Crippen LogP contribution < -0.4 is 9.47 Å². The minimum absolute atomic E-state index is 0.0135. The lowest BCUT2D eigenvalue weighted by Gasteiger charge is -2.11. The average molecular weight is 239 g/mol. The normalized spacial score (nSPS) is 10.1. The fraction of sp³-hybridized carbons (Fsp3) is 0.500. The van der Waals surface area contributed by atoms with Crippen molar-refractivity contribution in [3.8, 4) is 11.5 Å². The van der Waals surface area contributed by atoms with Gasteiger partial charge >= 0.3 is 5.69 Å². The van der Waals surface area contributed by atoms with Gasteiger partial charge in [-0.25, -0.2) is 0 Å². The van der Waals surface area contributed by atoms with Crippen LogP contribution in [0.15, 0.2) is 12.1 Å². The van der Waals surface area contributed by atoms with Crippen LogP contribution in [0, 0.1) is 17.0 Å². The molecular weight excluding hydrogens is 222 g/mol. The number of rotatable bonds is 6. The van der Waals surface area contributed by atoms with E-state index >= 15 is 0 Å². The Morgan fingerprint density at radius 1 is 1.41 bits per heavy atom. The summed E-state index contributed by atoms with van der Waals surface area (Å²) in [6.45, 7) is 4.17. The van der Waals surface area contributed by atoms with E-state index in [2.05, 4.69) is 0 Å². The molecule has 0 aliphatic rings. The molecule has 0 saturated carbocycles. The van der Waals surface area contributed by atoms with Crippen molar-refractivity contribution in [3.63, 3.8) is 0 Å². The summed E-state index contributed by atoms with van der Waals surface area (Å²) in [5.41, 5.74) is 0.558. The molecule has 0 bridgehead atoms. The SMILES string of the molecule is CCCCOc1c(OC)ccc(C)c1[N+](=O)[O-]. The second-order valence-electron chi connectivity index (χ2n) is 3.72. The number of nitrogens with zero attached hydrogens (tertiary/aromatic N) is 1. The van der Waals surface area contributed by atoms with Gasteiger partial charge in [0.25, 0.3) is 0 Å². The second kappa shape index (κ2) is 6.08. The van der Waals surface area contributed by atoms with Crippen molar-refractivity contribution in [3.05, 3.63) is 27.8 Å². The number of benzene rings is 1. The van der Waals surface area contributed by atoms with Gasteiger partial charge < -0.3 is 9.47 Å². The van der Waals surface area contributed by atoms with Crippen molar-refractivity contribution in [1.29, 1.82) is 0 Å². The van der Waals surface area contributed by atoms with Crippen LogP contribution in [0.2, 0.25) is 0 Å². The summed E-state index contributed by atoms with van der Waals surface area (Å²) in [5, 5.41) is 11.0. The van der Waals surface area contributed by atoms with E-state index < -0.39 is 4.92 Å². The molecule has 17 heavy (non-hydrogen) atoms. The first-order valence-corrected chi connectivity index (χ1v) is 5.56. The Hall–Kier alpha value is -1.78. The summed E-state index contributed by atoms with van der Waals surface area (Å²) in [7, 11) is 1.47. The third-order valence-corrected chi connectivity index (χ3v) is 2.44. The maximum atomic E-state index is 11.0. The standard InChI is InChI=1S/C12H17NO4/c1-4-5-8-17-12-10(16-3)7-6-9(2)11(12)13(14)15/h6-7H,4-5,8H2,1-3H3. The number of hydrogen-bond acceptors (Lipinski definition) is 4. The maximum absolute atomic E-state index is 11.0. The Bertz CT molecular complexity index is 404. The number of nitro groups is 1. The van der Waals surface area contributed by atoms with Crippen LogP contribution in [0.4, 0.5) is 5.69 Å². The van der Waals surface area contributed by atoms with Gasteiger partial charge in [0.2, 0.25) is 5.75 Å². The molecule has 0 aliphatic carbocycles. The molecule has 5 heteroatoms. The van der Waals surface area contributed by atoms with Crippen LogP contribution >= 0.6 is 0 Å². The van der Waals surface area contributed by atoms with Crippen LogP contribution in [0.5, 0.6) is 11.5 Å². The van der Waals surface area contributed by atoms with Gasteiger partial charge in [0.15, 0.2) is 5.75 Å². The Kier molecular flexibility index (Phi) is 4.75. The van der Waals surface area contributed by atoms with Crippen LogP contribution in [0.3, 0.4) is 0 Å². The van der Waals surface area contributed by atoms with Gasteiger partial charge in [-0.05, 0) is 25.5 Å². The molecule has 0 atom stereocenters. The van der Waals surface area contributed by atoms with Crippen molar-refractivity contribution in [1.82, 2.24) is 0 Å². The predicted molar refractivity (Wildman–Crippen MR) is 64.8 cm³/mol. The van der Waals surface area contributed by atoms with Crippen molar-refractivity contribution >= 4 is 5.69 Å². The smallest absolute Gasteiger partial charge is 0.317 e. The van der Waals surface area contributed by atoms with Gasteiger partial charge in [0.1, 0.15) is 0 Å². The van der Waals surface area contributed by atoms with Gasteiger partial charge in [0.05, 0.1) is 18.6 Å². The molecule has 5 nitrogen and oxygen atoms in total. The Balaban J connectivity index is 3.11. The zero-order valence-corrected chi connectivity index (χ0v) is 10.4. The number of nitro benzene ring substituents is 1. The fourth-order valence-electron chi connectivity index (χ4n) is 1.50. The molecule has 0 aliphatic heterocycles. The molecule has 0 fully saturated rings. The number of unbranched alkanes of at least 4 members (excludes halogenated alkanes) is 1. The summed E-state index contributed by atoms with van der Waals surface area (Å²) in [4.78, 5) is 10.6. The molecule has 1 aromatic carbocycles. The number of ether oxygens (including phenoxy) is 2. The third kappa shape index (κ3) is 3.09. The molecular formula is C12H17NO4. The van der Waals surface area contributed by atoms with E-state index in [0.717, 1.165) is 12.8 Å². The average Bonchev–Trinajstić information content (AvgIpc) is 2.29. The molecule has 0 N–H and O–H groups in total. The van der Waals surface area contributed by atoms with E-state index in [-0.39, 0.29) is 11.4 Å². The molecule has 1 rings (SSSR count). The number of aryl methyl sites for hydroxylation is 1. The van der Waals surface area contributed by atoms with Crippen LogP contribution in [0.25, 0.3) is 0 Å². The monoisotopic (exact) mass is 239 g/mol. The Labute approximate surface area is 101 Å². The molecule has 1 aromatic rings. The zero-order chi connectivity index (χ0) is 12.8. The quantitative estimate of drug-likeness (QED) is 0.434. The first-order chi connectivity index (χ1) is 8.11. The topological polar surface area (TPSA) is 61.6 Å². The zero-order valence-electron chi connectivity index (χ0n) is 10.4. The molecule has 0 saturated heterocycles. The fourth-order valence-corrected chi connectivity index (χ4v) is 1.50. The van der Waals surface area contributed by atoms with Crippen LogP contribution in [-0.4, -0.2) is 18.6 Å². The number of hydrogen-bond donors (Lipinski definition) is 0. The molecule has 94 valence electrons. The lowest BCUT2D eigenvalue weighted by molar-refractivity contribution is -0.386. The molecule has 0 spiro atoms. The van der Waals surface area contributed by atoms with Crippen LogP contribution in [-0.2, 0) is 0 Å². The Morgan fingerprint density at radius 2 is 2.12 bits per heavy atom. The maximum Gasteiger partial charge on any atom is 0.317 e. The minimum atomic E-state index is -0.431. The van der Waals surface area contributed by atoms with Crippen molar-refractivity contribution in [2.45, 2.75) is 26.7 Å². The molecule has 0 amide bonds. The van der Waals surface area contributed by atoms with E-state index in [1.165, 1.54) is 7.11 Å². The van der Waals surface area contributed by atoms with Gasteiger partial charge in [-0.1, -0.05) is 13.3 Å². The van der Waals surface area contributed by atoms with Gasteiger partial charge in [-0.3, -0.25) is 10.1 Å². The summed E-state index contributed by atoms with van der Waals surface area (Å²) in [6.07, 6.45) is 1.83. The predicted octanol–water partition coefficient (Wildman–Crippen LogP) is 3.09. The molecule has 0 aromatic heterocycles. The van der Waals surface area contributed by atoms with Gasteiger partial charge in [-0.2, -0.15) is 0 Å². The largest absolute Gasteiger partial charge is 0.493 e. The highest BCUT2D eigenvalue weighted by Gasteiger charge is 2.23. The minimum Gasteiger partial charge on any atom is -0.493 e. The number of methoxy groups -OCH3 is 1. The van der Waals surface area contributed by atoms with E-state index in [4.69, 9.17) is 9.47 Å². The first-order valence-electron chi connectivity index (χ1n) is 5.56. The molecule has 0 radical (unpaired) electrons. The lowest BCUT2D eigenvalue weighted by atomic mass is 10.1. The highest BCUT2D eigenvalue weighted by Crippen LogP contribution is 2.39. The Morgan fingerprint density at radius 3 is 2.65 bits per heavy atom.